The van der Waals surface area contributed by atoms with E-state index in [0.29, 0.717) is 17.2 Å². The molecule has 0 aromatic rings. The van der Waals surface area contributed by atoms with Crippen LogP contribution >= 0.6 is 0 Å². The van der Waals surface area contributed by atoms with Crippen LogP contribution in [-0.2, 0) is 4.79 Å². The number of likely N-dealkylation sites (tertiary alicyclic amines) is 1. The van der Waals surface area contributed by atoms with Gasteiger partial charge in [0.1, 0.15) is 5.78 Å². The summed E-state index contributed by atoms with van der Waals surface area (Å²) in [6, 6.07) is 0.714. The minimum Gasteiger partial charge on any atom is -0.300 e. The van der Waals surface area contributed by atoms with Gasteiger partial charge in [-0.3, -0.25) is 9.69 Å². The van der Waals surface area contributed by atoms with E-state index in [2.05, 4.69) is 18.7 Å². The van der Waals surface area contributed by atoms with E-state index in [1.807, 2.05) is 0 Å². The van der Waals surface area contributed by atoms with Crippen molar-refractivity contribution in [2.45, 2.75) is 45.6 Å². The maximum Gasteiger partial charge on any atom is 0.133 e. The average Bonchev–Trinajstić information content (AvgIpc) is 2.01. The van der Waals surface area contributed by atoms with Gasteiger partial charge in [-0.05, 0) is 18.3 Å². The van der Waals surface area contributed by atoms with Gasteiger partial charge >= 0.3 is 0 Å². The molecule has 74 valence electrons. The van der Waals surface area contributed by atoms with Gasteiger partial charge in [0.25, 0.3) is 0 Å². The van der Waals surface area contributed by atoms with Crippen molar-refractivity contribution in [3.63, 3.8) is 0 Å². The molecule has 2 nitrogen and oxygen atoms in total. The fourth-order valence-electron chi connectivity index (χ4n) is 2.60. The summed E-state index contributed by atoms with van der Waals surface area (Å²) in [7, 11) is 0. The fourth-order valence-corrected chi connectivity index (χ4v) is 2.60. The molecule has 2 rings (SSSR count). The Bertz CT molecular complexity index is 204. The molecule has 0 atom stereocenters. The molecular weight excluding hydrogens is 162 g/mol. The minimum atomic E-state index is 0.469. The number of ketones is 1. The SMILES string of the molecule is CC1(C)CN(C2CCC(=O)CC2)C1. The lowest BCUT2D eigenvalue weighted by Gasteiger charge is -2.50. The highest BCUT2D eigenvalue weighted by atomic mass is 16.1. The Morgan fingerprint density at radius 1 is 1.23 bits per heavy atom. The lowest BCUT2D eigenvalue weighted by Crippen LogP contribution is -2.57. The fraction of sp³-hybridized carbons (Fsp3) is 0.909. The van der Waals surface area contributed by atoms with Crippen LogP contribution in [0.2, 0.25) is 0 Å². The van der Waals surface area contributed by atoms with Crippen molar-refractivity contribution in [3.8, 4) is 0 Å². The van der Waals surface area contributed by atoms with Crippen molar-refractivity contribution < 1.29 is 4.79 Å². The van der Waals surface area contributed by atoms with Crippen LogP contribution in [0.4, 0.5) is 0 Å². The Morgan fingerprint density at radius 2 is 1.77 bits per heavy atom. The quantitative estimate of drug-likeness (QED) is 0.615. The topological polar surface area (TPSA) is 20.3 Å². The number of carbonyl (C=O) groups excluding carboxylic acids is 1. The van der Waals surface area contributed by atoms with Crippen LogP contribution in [0.15, 0.2) is 0 Å². The summed E-state index contributed by atoms with van der Waals surface area (Å²) in [6.45, 7) is 7.09. The van der Waals surface area contributed by atoms with Crippen LogP contribution in [0.3, 0.4) is 0 Å². The molecule has 0 bridgehead atoms. The number of carbonyl (C=O) groups is 1. The second-order valence-electron chi connectivity index (χ2n) is 5.34. The molecule has 13 heavy (non-hydrogen) atoms. The molecule has 0 radical (unpaired) electrons. The van der Waals surface area contributed by atoms with E-state index in [4.69, 9.17) is 0 Å². The van der Waals surface area contributed by atoms with Crippen molar-refractivity contribution in [1.82, 2.24) is 4.90 Å². The predicted molar refractivity (Wildman–Crippen MR) is 52.6 cm³/mol. The third-order valence-corrected chi connectivity index (χ3v) is 3.29. The Balaban J connectivity index is 1.81. The van der Waals surface area contributed by atoms with Gasteiger partial charge in [-0.25, -0.2) is 0 Å². The maximum atomic E-state index is 11.0. The second-order valence-corrected chi connectivity index (χ2v) is 5.34. The molecule has 0 aromatic heterocycles. The second kappa shape index (κ2) is 3.09. The average molecular weight is 181 g/mol. The molecule has 1 saturated heterocycles. The van der Waals surface area contributed by atoms with Gasteiger partial charge in [-0.1, -0.05) is 13.8 Å². The largest absolute Gasteiger partial charge is 0.300 e. The smallest absolute Gasteiger partial charge is 0.133 e. The molecule has 0 amide bonds. The van der Waals surface area contributed by atoms with Crippen molar-refractivity contribution in [2.75, 3.05) is 13.1 Å². The van der Waals surface area contributed by atoms with Gasteiger partial charge in [-0.2, -0.15) is 0 Å². The summed E-state index contributed by atoms with van der Waals surface area (Å²) in [5.74, 6) is 0.469. The van der Waals surface area contributed by atoms with Gasteiger partial charge < -0.3 is 0 Å². The first-order valence-corrected chi connectivity index (χ1v) is 5.33. The summed E-state index contributed by atoms with van der Waals surface area (Å²) in [5, 5.41) is 0. The zero-order valence-corrected chi connectivity index (χ0v) is 8.68. The number of nitrogens with zero attached hydrogens (tertiary/aromatic N) is 1. The van der Waals surface area contributed by atoms with Gasteiger partial charge in [0.05, 0.1) is 0 Å². The third kappa shape index (κ3) is 1.93. The van der Waals surface area contributed by atoms with Gasteiger partial charge in [0.15, 0.2) is 0 Å². The van der Waals surface area contributed by atoms with Crippen LogP contribution in [0, 0.1) is 5.41 Å². The summed E-state index contributed by atoms with van der Waals surface area (Å²) < 4.78 is 0. The van der Waals surface area contributed by atoms with E-state index < -0.39 is 0 Å². The molecule has 0 spiro atoms. The minimum absolute atomic E-state index is 0.469. The summed E-state index contributed by atoms with van der Waals surface area (Å²) in [6.07, 6.45) is 3.85. The van der Waals surface area contributed by atoms with E-state index in [1.54, 1.807) is 0 Å². The third-order valence-electron chi connectivity index (χ3n) is 3.29. The van der Waals surface area contributed by atoms with Crippen LogP contribution in [0.1, 0.15) is 39.5 Å². The predicted octanol–water partition coefficient (Wildman–Crippen LogP) is 1.84. The Morgan fingerprint density at radius 3 is 2.23 bits per heavy atom. The Labute approximate surface area is 80.3 Å². The highest BCUT2D eigenvalue weighted by Crippen LogP contribution is 2.34. The van der Waals surface area contributed by atoms with E-state index in [0.717, 1.165) is 25.7 Å². The molecular formula is C11H19NO. The lowest BCUT2D eigenvalue weighted by molar-refractivity contribution is -0.122. The first-order chi connectivity index (χ1) is 6.07. The molecule has 1 heterocycles. The zero-order valence-electron chi connectivity index (χ0n) is 8.68. The van der Waals surface area contributed by atoms with E-state index in [9.17, 15) is 4.79 Å². The lowest BCUT2D eigenvalue weighted by atomic mass is 9.80. The van der Waals surface area contributed by atoms with Crippen LogP contribution in [-0.4, -0.2) is 29.8 Å². The molecule has 0 unspecified atom stereocenters. The van der Waals surface area contributed by atoms with Gasteiger partial charge in [0, 0.05) is 32.0 Å². The first kappa shape index (κ1) is 9.20. The van der Waals surface area contributed by atoms with Crippen LogP contribution < -0.4 is 0 Å². The molecule has 1 aliphatic carbocycles. The van der Waals surface area contributed by atoms with Crippen molar-refractivity contribution in [3.05, 3.63) is 0 Å². The zero-order chi connectivity index (χ0) is 9.47. The van der Waals surface area contributed by atoms with E-state index in [-0.39, 0.29) is 0 Å². The Kier molecular flexibility index (Phi) is 2.18. The monoisotopic (exact) mass is 181 g/mol. The van der Waals surface area contributed by atoms with Crippen LogP contribution in [0.5, 0.6) is 0 Å². The summed E-state index contributed by atoms with van der Waals surface area (Å²) in [4.78, 5) is 13.6. The molecule has 2 heteroatoms. The maximum absolute atomic E-state index is 11.0. The van der Waals surface area contributed by atoms with Gasteiger partial charge in [-0.15, -0.1) is 0 Å². The first-order valence-electron chi connectivity index (χ1n) is 5.33. The normalized spacial score (nSPS) is 30.2. The van der Waals surface area contributed by atoms with E-state index in [1.165, 1.54) is 13.1 Å². The molecule has 1 aliphatic heterocycles. The highest BCUT2D eigenvalue weighted by molar-refractivity contribution is 5.79. The number of rotatable bonds is 1. The van der Waals surface area contributed by atoms with Crippen LogP contribution in [0.25, 0.3) is 0 Å². The van der Waals surface area contributed by atoms with E-state index >= 15 is 0 Å². The molecule has 1 saturated carbocycles. The molecule has 2 aliphatic rings. The summed E-state index contributed by atoms with van der Waals surface area (Å²) in [5.41, 5.74) is 0.529. The number of hydrogen-bond donors (Lipinski definition) is 0. The number of hydrogen-bond acceptors (Lipinski definition) is 2. The number of Topliss-reactive ketones (excluding diaryl/α,β-unsaturated/α-hetero) is 1. The highest BCUT2D eigenvalue weighted by Gasteiger charge is 2.38. The Hall–Kier alpha value is -0.370. The molecule has 0 N–H and O–H groups in total. The van der Waals surface area contributed by atoms with Crippen molar-refractivity contribution in [1.29, 1.82) is 0 Å². The van der Waals surface area contributed by atoms with Gasteiger partial charge in [0.2, 0.25) is 0 Å². The molecule has 0 aromatic carbocycles. The standard InChI is InChI=1S/C11H19NO/c1-11(2)7-12(8-11)9-3-5-10(13)6-4-9/h9H,3-8H2,1-2H3. The van der Waals surface area contributed by atoms with Crippen molar-refractivity contribution >= 4 is 5.78 Å². The summed E-state index contributed by atoms with van der Waals surface area (Å²) >= 11 is 0. The molecule has 2 fully saturated rings. The van der Waals surface area contributed by atoms with Crippen molar-refractivity contribution in [2.24, 2.45) is 5.41 Å².